The maximum atomic E-state index is 12.9. The minimum atomic E-state index is 0.0471. The van der Waals surface area contributed by atoms with E-state index in [1.807, 2.05) is 12.2 Å². The fourth-order valence-corrected chi connectivity index (χ4v) is 2.88. The number of rotatable bonds is 3. The predicted molar refractivity (Wildman–Crippen MR) is 99.3 cm³/mol. The molecule has 25 heavy (non-hydrogen) atoms. The molecule has 0 amide bonds. The van der Waals surface area contributed by atoms with E-state index in [2.05, 4.69) is 11.8 Å². The lowest BCUT2D eigenvalue weighted by molar-refractivity contribution is -0.113. The number of hydrogen-bond acceptors (Lipinski definition) is 4. The number of carbonyl (C=O) groups excluding carboxylic acids is 1. The molecule has 4 heteroatoms. The van der Waals surface area contributed by atoms with Crippen LogP contribution >= 0.6 is 0 Å². The lowest BCUT2D eigenvalue weighted by Crippen LogP contribution is -2.37. The van der Waals surface area contributed by atoms with E-state index in [9.17, 15) is 15.0 Å². The summed E-state index contributed by atoms with van der Waals surface area (Å²) in [5.41, 5.74) is 3.26. The van der Waals surface area contributed by atoms with E-state index in [-0.39, 0.29) is 17.3 Å². The van der Waals surface area contributed by atoms with Crippen LogP contribution in [0.25, 0.3) is 12.2 Å². The Morgan fingerprint density at radius 1 is 0.840 bits per heavy atom. The van der Waals surface area contributed by atoms with Gasteiger partial charge in [0.15, 0.2) is 5.78 Å². The van der Waals surface area contributed by atoms with Gasteiger partial charge < -0.3 is 10.2 Å². The number of ketones is 1. The third-order valence-electron chi connectivity index (χ3n) is 4.29. The Labute approximate surface area is 147 Å². The highest BCUT2D eigenvalue weighted by atomic mass is 16.3. The molecule has 0 unspecified atom stereocenters. The van der Waals surface area contributed by atoms with E-state index in [1.54, 1.807) is 48.5 Å². The zero-order chi connectivity index (χ0) is 17.8. The van der Waals surface area contributed by atoms with Crippen LogP contribution in [0.3, 0.4) is 0 Å². The summed E-state index contributed by atoms with van der Waals surface area (Å²) < 4.78 is 0. The molecule has 1 saturated heterocycles. The molecular weight excluding hydrogens is 314 g/mol. The Hall–Kier alpha value is -2.85. The fourth-order valence-electron chi connectivity index (χ4n) is 2.88. The van der Waals surface area contributed by atoms with Gasteiger partial charge in [0.2, 0.25) is 0 Å². The molecular formula is C21H21NO3. The molecule has 0 aromatic heterocycles. The van der Waals surface area contributed by atoms with Gasteiger partial charge in [-0.25, -0.2) is 0 Å². The van der Waals surface area contributed by atoms with Gasteiger partial charge in [0.1, 0.15) is 11.5 Å². The monoisotopic (exact) mass is 335 g/mol. The summed E-state index contributed by atoms with van der Waals surface area (Å²) in [6.45, 7) is 4.16. The maximum Gasteiger partial charge on any atom is 0.187 e. The molecule has 2 aromatic carbocycles. The predicted octanol–water partition coefficient (Wildman–Crippen LogP) is 3.47. The Morgan fingerprint density at radius 2 is 1.24 bits per heavy atom. The molecule has 1 fully saturated rings. The van der Waals surface area contributed by atoms with Gasteiger partial charge >= 0.3 is 0 Å². The van der Waals surface area contributed by atoms with Crippen molar-refractivity contribution in [2.45, 2.75) is 6.92 Å². The van der Waals surface area contributed by atoms with Gasteiger partial charge in [0.05, 0.1) is 0 Å². The Bertz CT molecular complexity index is 750. The van der Waals surface area contributed by atoms with Crippen molar-refractivity contribution in [1.29, 1.82) is 0 Å². The normalized spacial score (nSPS) is 18.8. The van der Waals surface area contributed by atoms with E-state index in [4.69, 9.17) is 0 Å². The number of phenolic OH excluding ortho intramolecular Hbond substituents is 2. The first-order valence-corrected chi connectivity index (χ1v) is 8.31. The summed E-state index contributed by atoms with van der Waals surface area (Å²) in [4.78, 5) is 15.1. The van der Waals surface area contributed by atoms with Gasteiger partial charge in [-0.3, -0.25) is 9.69 Å². The van der Waals surface area contributed by atoms with Gasteiger partial charge in [0.25, 0.3) is 0 Å². The van der Waals surface area contributed by atoms with Gasteiger partial charge in [-0.1, -0.05) is 31.2 Å². The van der Waals surface area contributed by atoms with Crippen LogP contribution in [0.2, 0.25) is 0 Å². The van der Waals surface area contributed by atoms with Gasteiger partial charge in [-0.15, -0.1) is 0 Å². The number of phenols is 2. The summed E-state index contributed by atoms with van der Waals surface area (Å²) in [6.07, 6.45) is 3.77. The average Bonchev–Trinajstić information content (AvgIpc) is 2.62. The van der Waals surface area contributed by atoms with Crippen LogP contribution in [0.4, 0.5) is 0 Å². The second-order valence-corrected chi connectivity index (χ2v) is 6.15. The van der Waals surface area contributed by atoms with Crippen LogP contribution in [0.15, 0.2) is 59.7 Å². The third kappa shape index (κ3) is 4.17. The largest absolute Gasteiger partial charge is 0.508 e. The first kappa shape index (κ1) is 17.0. The second kappa shape index (κ2) is 7.36. The number of aromatic hydroxyl groups is 2. The van der Waals surface area contributed by atoms with Crippen LogP contribution in [0.5, 0.6) is 11.5 Å². The Balaban J connectivity index is 1.93. The lowest BCUT2D eigenvalue weighted by atomic mass is 9.94. The molecule has 3 rings (SSSR count). The van der Waals surface area contributed by atoms with Crippen molar-refractivity contribution in [2.75, 3.05) is 19.6 Å². The molecule has 0 radical (unpaired) electrons. The molecule has 1 heterocycles. The van der Waals surface area contributed by atoms with E-state index < -0.39 is 0 Å². The molecule has 0 spiro atoms. The first-order valence-electron chi connectivity index (χ1n) is 8.31. The number of piperidine rings is 1. The fraction of sp³-hybridized carbons (Fsp3) is 0.190. The standard InChI is InChI=1S/C21H21NO3/c1-2-22-13-17(11-15-3-7-19(23)8-4-15)21(25)18(14-22)12-16-5-9-20(24)10-6-16/h3-12,23-24H,2,13-14H2,1H3/b17-11+,18-12+. The SMILES string of the molecule is CCN1C/C(=C\c2ccc(O)cc2)C(=O)/C(=C/c2ccc(O)cc2)C1. The topological polar surface area (TPSA) is 60.8 Å². The van der Waals surface area contributed by atoms with Crippen molar-refractivity contribution >= 4 is 17.9 Å². The second-order valence-electron chi connectivity index (χ2n) is 6.15. The number of likely N-dealkylation sites (N-methyl/N-ethyl adjacent to an activating group) is 1. The molecule has 128 valence electrons. The van der Waals surface area contributed by atoms with Crippen molar-refractivity contribution in [3.05, 3.63) is 70.8 Å². The average molecular weight is 335 g/mol. The molecule has 0 saturated carbocycles. The Kier molecular flexibility index (Phi) is 5.00. The highest BCUT2D eigenvalue weighted by Crippen LogP contribution is 2.23. The van der Waals surface area contributed by atoms with E-state index in [1.165, 1.54) is 0 Å². The number of hydrogen-bond donors (Lipinski definition) is 2. The molecule has 1 aliphatic rings. The minimum absolute atomic E-state index is 0.0471. The molecule has 2 N–H and O–H groups in total. The van der Waals surface area contributed by atoms with Crippen molar-refractivity contribution < 1.29 is 15.0 Å². The van der Waals surface area contributed by atoms with Gasteiger partial charge in [-0.05, 0) is 54.1 Å². The van der Waals surface area contributed by atoms with Gasteiger partial charge in [0, 0.05) is 24.2 Å². The van der Waals surface area contributed by atoms with Crippen LogP contribution < -0.4 is 0 Å². The zero-order valence-corrected chi connectivity index (χ0v) is 14.1. The number of likely N-dealkylation sites (tertiary alicyclic amines) is 1. The smallest absolute Gasteiger partial charge is 0.187 e. The number of Topliss-reactive ketones (excluding diaryl/α,β-unsaturated/α-hetero) is 1. The summed E-state index contributed by atoms with van der Waals surface area (Å²) in [7, 11) is 0. The summed E-state index contributed by atoms with van der Waals surface area (Å²) in [6, 6.07) is 13.6. The number of benzene rings is 2. The van der Waals surface area contributed by atoms with Crippen LogP contribution in [-0.4, -0.2) is 40.5 Å². The number of carbonyl (C=O) groups is 1. The van der Waals surface area contributed by atoms with Gasteiger partial charge in [-0.2, -0.15) is 0 Å². The molecule has 4 nitrogen and oxygen atoms in total. The van der Waals surface area contributed by atoms with Crippen molar-refractivity contribution in [2.24, 2.45) is 0 Å². The van der Waals surface area contributed by atoms with E-state index >= 15 is 0 Å². The quantitative estimate of drug-likeness (QED) is 0.843. The first-order chi connectivity index (χ1) is 12.0. The highest BCUT2D eigenvalue weighted by Gasteiger charge is 2.25. The summed E-state index contributed by atoms with van der Waals surface area (Å²) >= 11 is 0. The highest BCUT2D eigenvalue weighted by molar-refractivity contribution is 6.14. The third-order valence-corrected chi connectivity index (χ3v) is 4.29. The van der Waals surface area contributed by atoms with Crippen molar-refractivity contribution in [3.63, 3.8) is 0 Å². The summed E-state index contributed by atoms with van der Waals surface area (Å²) in [5, 5.41) is 18.8. The van der Waals surface area contributed by atoms with Crippen LogP contribution in [0.1, 0.15) is 18.1 Å². The molecule has 0 atom stereocenters. The molecule has 0 bridgehead atoms. The maximum absolute atomic E-state index is 12.9. The van der Waals surface area contributed by atoms with Crippen molar-refractivity contribution in [1.82, 2.24) is 4.90 Å². The molecule has 1 aliphatic heterocycles. The minimum Gasteiger partial charge on any atom is -0.508 e. The van der Waals surface area contributed by atoms with E-state index in [0.717, 1.165) is 28.8 Å². The van der Waals surface area contributed by atoms with Crippen LogP contribution in [-0.2, 0) is 4.79 Å². The summed E-state index contributed by atoms with van der Waals surface area (Å²) in [5.74, 6) is 0.464. The molecule has 0 aliphatic carbocycles. The Morgan fingerprint density at radius 3 is 1.60 bits per heavy atom. The number of nitrogens with zero attached hydrogens (tertiary/aromatic N) is 1. The van der Waals surface area contributed by atoms with Crippen LogP contribution in [0, 0.1) is 0 Å². The zero-order valence-electron chi connectivity index (χ0n) is 14.1. The van der Waals surface area contributed by atoms with E-state index in [0.29, 0.717) is 13.1 Å². The molecule has 2 aromatic rings. The van der Waals surface area contributed by atoms with Crippen molar-refractivity contribution in [3.8, 4) is 11.5 Å². The lowest BCUT2D eigenvalue weighted by Gasteiger charge is -2.28.